The SMILES string of the molecule is NCC1(COc2cncc(-c3ccc([N+](=O)[O-])cc3)c2)CC1. The molecule has 0 spiro atoms. The molecule has 0 bridgehead atoms. The van der Waals surface area contributed by atoms with E-state index in [1.807, 2.05) is 6.07 Å². The van der Waals surface area contributed by atoms with Crippen molar-refractivity contribution in [2.75, 3.05) is 13.2 Å². The number of non-ortho nitro benzene ring substituents is 1. The topological polar surface area (TPSA) is 91.3 Å². The summed E-state index contributed by atoms with van der Waals surface area (Å²) in [5.74, 6) is 0.690. The smallest absolute Gasteiger partial charge is 0.269 e. The van der Waals surface area contributed by atoms with E-state index in [-0.39, 0.29) is 11.1 Å². The summed E-state index contributed by atoms with van der Waals surface area (Å²) in [6.07, 6.45) is 5.60. The second-order valence-electron chi connectivity index (χ2n) is 5.71. The molecule has 2 N–H and O–H groups in total. The quantitative estimate of drug-likeness (QED) is 0.654. The fraction of sp³-hybridized carbons (Fsp3) is 0.312. The van der Waals surface area contributed by atoms with Gasteiger partial charge in [-0.1, -0.05) is 0 Å². The van der Waals surface area contributed by atoms with Crippen LogP contribution in [0.25, 0.3) is 11.1 Å². The van der Waals surface area contributed by atoms with E-state index in [4.69, 9.17) is 10.5 Å². The van der Waals surface area contributed by atoms with E-state index in [9.17, 15) is 10.1 Å². The van der Waals surface area contributed by atoms with Crippen LogP contribution in [0.3, 0.4) is 0 Å². The molecule has 1 aliphatic rings. The van der Waals surface area contributed by atoms with E-state index in [0.717, 1.165) is 24.0 Å². The van der Waals surface area contributed by atoms with E-state index in [1.165, 1.54) is 12.1 Å². The Bertz CT molecular complexity index is 681. The van der Waals surface area contributed by atoms with Crippen molar-refractivity contribution in [2.45, 2.75) is 12.8 Å². The van der Waals surface area contributed by atoms with Gasteiger partial charge in [0.15, 0.2) is 0 Å². The number of nitrogens with zero attached hydrogens (tertiary/aromatic N) is 2. The van der Waals surface area contributed by atoms with Gasteiger partial charge in [0.05, 0.1) is 17.7 Å². The average Bonchev–Trinajstić information content (AvgIpc) is 3.34. The molecule has 1 aliphatic carbocycles. The Kier molecular flexibility index (Phi) is 3.77. The van der Waals surface area contributed by atoms with E-state index in [2.05, 4.69) is 4.98 Å². The van der Waals surface area contributed by atoms with Crippen LogP contribution >= 0.6 is 0 Å². The first kappa shape index (κ1) is 14.5. The molecule has 6 nitrogen and oxygen atoms in total. The molecular weight excluding hydrogens is 282 g/mol. The van der Waals surface area contributed by atoms with Gasteiger partial charge in [0, 0.05) is 35.9 Å². The average molecular weight is 299 g/mol. The minimum Gasteiger partial charge on any atom is -0.491 e. The normalized spacial score (nSPS) is 15.3. The van der Waals surface area contributed by atoms with Gasteiger partial charge in [-0.05, 0) is 36.6 Å². The number of ether oxygens (including phenoxy) is 1. The maximum absolute atomic E-state index is 10.7. The fourth-order valence-electron chi connectivity index (χ4n) is 2.25. The lowest BCUT2D eigenvalue weighted by Crippen LogP contribution is -2.22. The predicted molar refractivity (Wildman–Crippen MR) is 82.5 cm³/mol. The van der Waals surface area contributed by atoms with Crippen molar-refractivity contribution in [3.05, 3.63) is 52.8 Å². The maximum atomic E-state index is 10.7. The van der Waals surface area contributed by atoms with E-state index in [0.29, 0.717) is 18.9 Å². The molecule has 0 radical (unpaired) electrons. The molecule has 114 valence electrons. The molecule has 3 rings (SSSR count). The van der Waals surface area contributed by atoms with Crippen molar-refractivity contribution in [1.82, 2.24) is 4.98 Å². The van der Waals surface area contributed by atoms with Gasteiger partial charge >= 0.3 is 0 Å². The second-order valence-corrected chi connectivity index (χ2v) is 5.71. The van der Waals surface area contributed by atoms with Crippen LogP contribution in [0.15, 0.2) is 42.7 Å². The monoisotopic (exact) mass is 299 g/mol. The Morgan fingerprint density at radius 1 is 1.23 bits per heavy atom. The van der Waals surface area contributed by atoms with Crippen LogP contribution in [0.5, 0.6) is 5.75 Å². The highest BCUT2D eigenvalue weighted by atomic mass is 16.6. The van der Waals surface area contributed by atoms with Crippen LogP contribution in [0.1, 0.15) is 12.8 Å². The van der Waals surface area contributed by atoms with Crippen LogP contribution in [0, 0.1) is 15.5 Å². The molecule has 1 aromatic carbocycles. The number of hydrogen-bond acceptors (Lipinski definition) is 5. The van der Waals surface area contributed by atoms with Gasteiger partial charge in [-0.25, -0.2) is 0 Å². The van der Waals surface area contributed by atoms with Crippen molar-refractivity contribution in [3.63, 3.8) is 0 Å². The molecule has 2 aromatic rings. The third kappa shape index (κ3) is 3.07. The number of rotatable bonds is 6. The predicted octanol–water partition coefficient (Wildman–Crippen LogP) is 2.77. The van der Waals surface area contributed by atoms with Crippen molar-refractivity contribution < 1.29 is 9.66 Å². The third-order valence-electron chi connectivity index (χ3n) is 4.06. The summed E-state index contributed by atoms with van der Waals surface area (Å²) in [4.78, 5) is 14.4. The van der Waals surface area contributed by atoms with E-state index < -0.39 is 4.92 Å². The minimum absolute atomic E-state index is 0.0720. The zero-order chi connectivity index (χ0) is 15.6. The summed E-state index contributed by atoms with van der Waals surface area (Å²) in [6.45, 7) is 1.25. The number of benzene rings is 1. The summed E-state index contributed by atoms with van der Waals surface area (Å²) >= 11 is 0. The summed E-state index contributed by atoms with van der Waals surface area (Å²) in [5.41, 5.74) is 7.69. The van der Waals surface area contributed by atoms with E-state index in [1.54, 1.807) is 24.5 Å². The van der Waals surface area contributed by atoms with E-state index >= 15 is 0 Å². The molecule has 1 heterocycles. The van der Waals surface area contributed by atoms with Gasteiger partial charge in [0.2, 0.25) is 0 Å². The molecular formula is C16H17N3O3. The zero-order valence-corrected chi connectivity index (χ0v) is 12.1. The van der Waals surface area contributed by atoms with Crippen molar-refractivity contribution >= 4 is 5.69 Å². The minimum atomic E-state index is -0.413. The first-order valence-electron chi connectivity index (χ1n) is 7.15. The number of nitro groups is 1. The number of pyridine rings is 1. The number of nitrogens with two attached hydrogens (primary N) is 1. The molecule has 1 aromatic heterocycles. The number of nitro benzene ring substituents is 1. The van der Waals surface area contributed by atoms with Crippen molar-refractivity contribution in [3.8, 4) is 16.9 Å². The largest absolute Gasteiger partial charge is 0.491 e. The highest BCUT2D eigenvalue weighted by Gasteiger charge is 2.42. The lowest BCUT2D eigenvalue weighted by Gasteiger charge is -2.14. The van der Waals surface area contributed by atoms with Gasteiger partial charge < -0.3 is 10.5 Å². The molecule has 1 saturated carbocycles. The summed E-state index contributed by atoms with van der Waals surface area (Å²) in [5, 5.41) is 10.7. The number of aromatic nitrogens is 1. The zero-order valence-electron chi connectivity index (χ0n) is 12.1. The molecule has 0 atom stereocenters. The summed E-state index contributed by atoms with van der Waals surface area (Å²) in [7, 11) is 0. The Morgan fingerprint density at radius 2 is 1.95 bits per heavy atom. The standard InChI is InChI=1S/C16H17N3O3/c17-10-16(5-6-16)11-22-15-7-13(8-18-9-15)12-1-3-14(4-2-12)19(20)21/h1-4,7-9H,5-6,10-11,17H2. The van der Waals surface area contributed by atoms with Crippen LogP contribution < -0.4 is 10.5 Å². The van der Waals surface area contributed by atoms with Gasteiger partial charge in [0.25, 0.3) is 5.69 Å². The second kappa shape index (κ2) is 5.73. The van der Waals surface area contributed by atoms with Gasteiger partial charge in [-0.15, -0.1) is 0 Å². The van der Waals surface area contributed by atoms with Crippen LogP contribution in [-0.4, -0.2) is 23.1 Å². The van der Waals surface area contributed by atoms with Crippen LogP contribution in [0.4, 0.5) is 5.69 Å². The van der Waals surface area contributed by atoms with Gasteiger partial charge in [-0.2, -0.15) is 0 Å². The summed E-state index contributed by atoms with van der Waals surface area (Å²) < 4.78 is 5.80. The summed E-state index contributed by atoms with van der Waals surface area (Å²) in [6, 6.07) is 8.27. The molecule has 0 unspecified atom stereocenters. The van der Waals surface area contributed by atoms with Crippen LogP contribution in [-0.2, 0) is 0 Å². The molecule has 0 saturated heterocycles. The number of hydrogen-bond donors (Lipinski definition) is 1. The first-order valence-corrected chi connectivity index (χ1v) is 7.15. The first-order chi connectivity index (χ1) is 10.6. The van der Waals surface area contributed by atoms with Crippen molar-refractivity contribution in [1.29, 1.82) is 0 Å². The lowest BCUT2D eigenvalue weighted by molar-refractivity contribution is -0.384. The van der Waals surface area contributed by atoms with Crippen molar-refractivity contribution in [2.24, 2.45) is 11.1 Å². The van der Waals surface area contributed by atoms with Crippen LogP contribution in [0.2, 0.25) is 0 Å². The third-order valence-corrected chi connectivity index (χ3v) is 4.06. The lowest BCUT2D eigenvalue weighted by atomic mass is 10.1. The molecule has 0 aliphatic heterocycles. The Hall–Kier alpha value is -2.47. The van der Waals surface area contributed by atoms with Gasteiger partial charge in [0.1, 0.15) is 5.75 Å². The Balaban J connectivity index is 1.74. The molecule has 1 fully saturated rings. The van der Waals surface area contributed by atoms with Gasteiger partial charge in [-0.3, -0.25) is 15.1 Å². The molecule has 22 heavy (non-hydrogen) atoms. The molecule has 0 amide bonds. The Labute approximate surface area is 128 Å². The Morgan fingerprint density at radius 3 is 2.55 bits per heavy atom. The molecule has 6 heteroatoms. The maximum Gasteiger partial charge on any atom is 0.269 e. The highest BCUT2D eigenvalue weighted by Crippen LogP contribution is 2.44. The highest BCUT2D eigenvalue weighted by molar-refractivity contribution is 5.65. The fourth-order valence-corrected chi connectivity index (χ4v) is 2.25.